The number of aromatic nitrogens is 3. The van der Waals surface area contributed by atoms with Crippen molar-refractivity contribution >= 4 is 31.6 Å². The van der Waals surface area contributed by atoms with E-state index >= 15 is 0 Å². The molecule has 1 atom stereocenters. The second-order valence-electron chi connectivity index (χ2n) is 3.19. The maximum Gasteiger partial charge on any atom is 0.201 e. The Morgan fingerprint density at radius 2 is 2.07 bits per heavy atom. The number of carbonyl (C=O) groups excluding carboxylic acids is 1. The van der Waals surface area contributed by atoms with Crippen LogP contribution in [0.4, 0.5) is 0 Å². The van der Waals surface area contributed by atoms with Crippen molar-refractivity contribution in [3.05, 3.63) is 10.3 Å². The quantitative estimate of drug-likeness (QED) is 0.744. The van der Waals surface area contributed by atoms with Crippen LogP contribution in [-0.4, -0.2) is 40.7 Å². The summed E-state index contributed by atoms with van der Waals surface area (Å²) in [6.07, 6.45) is 1.02. The Morgan fingerprint density at radius 1 is 1.53 bits per heavy atom. The summed E-state index contributed by atoms with van der Waals surface area (Å²) in [5.41, 5.74) is 0.160. The number of ketones is 1. The molecule has 1 rings (SSSR count). The van der Waals surface area contributed by atoms with Gasteiger partial charge in [0.2, 0.25) is 5.78 Å². The molecule has 0 aromatic carbocycles. The zero-order valence-electron chi connectivity index (χ0n) is 8.43. The summed E-state index contributed by atoms with van der Waals surface area (Å²) in [6, 6.07) is 0. The van der Waals surface area contributed by atoms with E-state index in [0.717, 1.165) is 6.26 Å². The van der Waals surface area contributed by atoms with Crippen molar-refractivity contribution in [1.82, 2.24) is 15.0 Å². The van der Waals surface area contributed by atoms with Crippen molar-refractivity contribution in [2.75, 3.05) is 6.26 Å². The Hall–Kier alpha value is -0.760. The molecule has 1 aromatic rings. The second-order valence-corrected chi connectivity index (χ2v) is 6.31. The summed E-state index contributed by atoms with van der Waals surface area (Å²) in [5, 5.41) is 6.13. The zero-order valence-corrected chi connectivity index (χ0v) is 10.8. The van der Waals surface area contributed by atoms with Gasteiger partial charge in [0.05, 0.1) is 0 Å². The van der Waals surface area contributed by atoms with Gasteiger partial charge in [-0.2, -0.15) is 0 Å². The number of sulfone groups is 1. The largest absolute Gasteiger partial charge is 0.291 e. The monoisotopic (exact) mass is 295 g/mol. The van der Waals surface area contributed by atoms with Crippen molar-refractivity contribution in [1.29, 1.82) is 0 Å². The van der Waals surface area contributed by atoms with E-state index in [1.165, 1.54) is 18.7 Å². The van der Waals surface area contributed by atoms with E-state index in [-0.39, 0.29) is 10.3 Å². The number of aryl methyl sites for hydroxylation is 1. The number of Topliss-reactive ketones (excluding diaryl/α,β-unsaturated/α-hetero) is 1. The molecule has 6 nitrogen and oxygen atoms in total. The Kier molecular flexibility index (Phi) is 3.29. The highest BCUT2D eigenvalue weighted by Crippen LogP contribution is 2.16. The maximum atomic E-state index is 11.8. The predicted octanol–water partition coefficient (Wildman–Crippen LogP) is 0.193. The maximum absolute atomic E-state index is 11.8. The third-order valence-corrected chi connectivity index (χ3v) is 4.06. The SMILES string of the molecule is CC(C(=O)c1c(Br)nnn1C)S(C)(=O)=O. The fraction of sp³-hybridized carbons (Fsp3) is 0.571. The molecule has 1 aromatic heterocycles. The molecule has 0 aliphatic carbocycles. The normalized spacial score (nSPS) is 13.9. The van der Waals surface area contributed by atoms with Crippen LogP contribution in [0.15, 0.2) is 4.60 Å². The molecule has 0 fully saturated rings. The van der Waals surface area contributed by atoms with Gasteiger partial charge in [-0.1, -0.05) is 5.21 Å². The van der Waals surface area contributed by atoms with Crippen LogP contribution in [0.3, 0.4) is 0 Å². The standard InChI is InChI=1S/C7H10BrN3O3S/c1-4(15(3,13)14)6(12)5-7(8)9-10-11(5)2/h4H,1-3H3. The first-order valence-electron chi connectivity index (χ1n) is 4.03. The van der Waals surface area contributed by atoms with E-state index in [2.05, 4.69) is 26.2 Å². The Bertz CT molecular complexity index is 474. The first-order valence-corrected chi connectivity index (χ1v) is 6.78. The molecule has 0 saturated heterocycles. The van der Waals surface area contributed by atoms with Crippen molar-refractivity contribution in [3.63, 3.8) is 0 Å². The Balaban J connectivity index is 3.17. The lowest BCUT2D eigenvalue weighted by Gasteiger charge is -2.07. The van der Waals surface area contributed by atoms with Gasteiger partial charge in [0.15, 0.2) is 14.4 Å². The number of hydrogen-bond acceptors (Lipinski definition) is 5. The van der Waals surface area contributed by atoms with Crippen LogP contribution in [0.1, 0.15) is 17.4 Å². The molecule has 0 bridgehead atoms. The van der Waals surface area contributed by atoms with Crippen LogP contribution in [0, 0.1) is 0 Å². The zero-order chi connectivity index (χ0) is 11.8. The van der Waals surface area contributed by atoms with Crippen LogP contribution < -0.4 is 0 Å². The minimum Gasteiger partial charge on any atom is -0.291 e. The lowest BCUT2D eigenvalue weighted by molar-refractivity contribution is 0.0982. The Morgan fingerprint density at radius 3 is 2.40 bits per heavy atom. The summed E-state index contributed by atoms with van der Waals surface area (Å²) < 4.78 is 23.9. The van der Waals surface area contributed by atoms with Crippen molar-refractivity contribution < 1.29 is 13.2 Å². The van der Waals surface area contributed by atoms with Gasteiger partial charge in [0.25, 0.3) is 0 Å². The van der Waals surface area contributed by atoms with E-state index in [1.54, 1.807) is 0 Å². The molecule has 0 aliphatic heterocycles. The molecule has 0 N–H and O–H groups in total. The lowest BCUT2D eigenvalue weighted by atomic mass is 10.2. The highest BCUT2D eigenvalue weighted by atomic mass is 79.9. The van der Waals surface area contributed by atoms with E-state index in [0.29, 0.717) is 0 Å². The molecule has 84 valence electrons. The molecule has 0 saturated carbocycles. The van der Waals surface area contributed by atoms with Gasteiger partial charge in [-0.15, -0.1) is 5.10 Å². The van der Waals surface area contributed by atoms with Crippen molar-refractivity contribution in [3.8, 4) is 0 Å². The first-order chi connectivity index (χ1) is 6.75. The van der Waals surface area contributed by atoms with Gasteiger partial charge in [0.1, 0.15) is 10.9 Å². The summed E-state index contributed by atoms with van der Waals surface area (Å²) >= 11 is 3.04. The molecular weight excluding hydrogens is 286 g/mol. The van der Waals surface area contributed by atoms with E-state index < -0.39 is 20.9 Å². The summed E-state index contributed by atoms with van der Waals surface area (Å²) in [4.78, 5) is 11.8. The molecule has 0 amide bonds. The second kappa shape index (κ2) is 4.01. The molecule has 1 heterocycles. The van der Waals surface area contributed by atoms with Gasteiger partial charge in [0, 0.05) is 13.3 Å². The van der Waals surface area contributed by atoms with E-state index in [4.69, 9.17) is 0 Å². The fourth-order valence-corrected chi connectivity index (χ4v) is 2.00. The van der Waals surface area contributed by atoms with Crippen LogP contribution in [0.5, 0.6) is 0 Å². The minimum atomic E-state index is -3.40. The van der Waals surface area contributed by atoms with Crippen LogP contribution in [0.2, 0.25) is 0 Å². The third kappa shape index (κ3) is 2.43. The van der Waals surface area contributed by atoms with E-state index in [1.807, 2.05) is 0 Å². The smallest absolute Gasteiger partial charge is 0.201 e. The average molecular weight is 296 g/mol. The topological polar surface area (TPSA) is 81.9 Å². The van der Waals surface area contributed by atoms with Crippen LogP contribution >= 0.6 is 15.9 Å². The average Bonchev–Trinajstić information content (AvgIpc) is 2.42. The van der Waals surface area contributed by atoms with Crippen molar-refractivity contribution in [2.24, 2.45) is 7.05 Å². The third-order valence-electron chi connectivity index (χ3n) is 2.03. The summed E-state index contributed by atoms with van der Waals surface area (Å²) in [6.45, 7) is 1.34. The molecule has 0 aliphatic rings. The molecule has 15 heavy (non-hydrogen) atoms. The molecule has 0 radical (unpaired) electrons. The molecule has 8 heteroatoms. The van der Waals surface area contributed by atoms with Crippen LogP contribution in [0.25, 0.3) is 0 Å². The van der Waals surface area contributed by atoms with Crippen molar-refractivity contribution in [2.45, 2.75) is 12.2 Å². The van der Waals surface area contributed by atoms with Gasteiger partial charge in [-0.05, 0) is 22.9 Å². The predicted molar refractivity (Wildman–Crippen MR) is 57.3 cm³/mol. The number of rotatable bonds is 3. The number of halogens is 1. The number of hydrogen-bond donors (Lipinski definition) is 0. The highest BCUT2D eigenvalue weighted by molar-refractivity contribution is 9.10. The van der Waals surface area contributed by atoms with Crippen LogP contribution in [-0.2, 0) is 16.9 Å². The highest BCUT2D eigenvalue weighted by Gasteiger charge is 2.29. The fourth-order valence-electron chi connectivity index (χ4n) is 0.980. The Labute approximate surface area is 95.7 Å². The molecule has 1 unspecified atom stereocenters. The summed E-state index contributed by atoms with van der Waals surface area (Å²) in [7, 11) is -1.87. The van der Waals surface area contributed by atoms with Gasteiger partial charge in [-0.3, -0.25) is 4.79 Å². The lowest BCUT2D eigenvalue weighted by Crippen LogP contribution is -2.28. The molecular formula is C7H10BrN3O3S. The number of nitrogens with zero attached hydrogens (tertiary/aromatic N) is 3. The molecule has 0 spiro atoms. The van der Waals surface area contributed by atoms with Gasteiger partial charge in [-0.25, -0.2) is 13.1 Å². The van der Waals surface area contributed by atoms with Gasteiger partial charge < -0.3 is 0 Å². The summed E-state index contributed by atoms with van der Waals surface area (Å²) in [5.74, 6) is -0.517. The van der Waals surface area contributed by atoms with E-state index in [9.17, 15) is 13.2 Å². The first kappa shape index (κ1) is 12.3. The minimum absolute atomic E-state index is 0.160. The van der Waals surface area contributed by atoms with Gasteiger partial charge >= 0.3 is 0 Å². The number of carbonyl (C=O) groups is 1.